The van der Waals surface area contributed by atoms with Crippen LogP contribution >= 0.6 is 11.3 Å². The van der Waals surface area contributed by atoms with Crippen molar-refractivity contribution < 1.29 is 49.3 Å². The fourth-order valence-electron chi connectivity index (χ4n) is 11.6. The van der Waals surface area contributed by atoms with Crippen LogP contribution in [0.3, 0.4) is 0 Å². The first kappa shape index (κ1) is 64.7. The number of thiazole rings is 1. The van der Waals surface area contributed by atoms with Gasteiger partial charge in [-0.2, -0.15) is 8.42 Å². The van der Waals surface area contributed by atoms with Crippen LogP contribution in [-0.4, -0.2) is 113 Å². The monoisotopic (exact) mass is 1260 g/mol. The normalized spacial score (nSPS) is 14.0. The molecule has 3 amide bonds. The molecule has 9 rings (SSSR count). The number of nitrogen functional groups attached to an aromatic ring is 1. The fourth-order valence-corrected chi connectivity index (χ4v) is 14.3. The average molecular weight is 1260 g/mol. The Hall–Kier alpha value is -7.80. The summed E-state index contributed by atoms with van der Waals surface area (Å²) >= 11 is 1.28. The molecule has 466 valence electrons. The molecule has 23 heteroatoms. The fraction of sp³-hybridized carbons (Fsp3) is 0.385. The van der Waals surface area contributed by atoms with E-state index in [1.165, 1.54) is 29.0 Å². The zero-order valence-corrected chi connectivity index (χ0v) is 53.4. The van der Waals surface area contributed by atoms with Crippen molar-refractivity contribution >= 4 is 71.0 Å². The summed E-state index contributed by atoms with van der Waals surface area (Å²) in [6, 6.07) is 32.9. The molecule has 1 aliphatic carbocycles. The molecule has 0 saturated carbocycles. The van der Waals surface area contributed by atoms with Gasteiger partial charge in [-0.05, 0) is 101 Å². The van der Waals surface area contributed by atoms with Crippen molar-refractivity contribution in [2.75, 3.05) is 56.4 Å². The van der Waals surface area contributed by atoms with Gasteiger partial charge in [0.05, 0.1) is 31.5 Å². The van der Waals surface area contributed by atoms with E-state index in [-0.39, 0.29) is 56.2 Å². The minimum absolute atomic E-state index is 0.0619. The molecule has 2 aromatic heterocycles. The quantitative estimate of drug-likeness (QED) is 0.0152. The van der Waals surface area contributed by atoms with E-state index < -0.39 is 53.8 Å². The first-order valence-electron chi connectivity index (χ1n) is 30.2. The molecule has 4 heterocycles. The maximum absolute atomic E-state index is 14.7. The van der Waals surface area contributed by atoms with Gasteiger partial charge in [-0.25, -0.2) is 31.4 Å². The van der Waals surface area contributed by atoms with E-state index in [1.54, 1.807) is 17.0 Å². The van der Waals surface area contributed by atoms with Crippen LogP contribution in [0.1, 0.15) is 82.3 Å². The molecule has 2 atom stereocenters. The lowest BCUT2D eigenvalue weighted by molar-refractivity contribution is -0.688. The molecule has 3 aliphatic rings. The van der Waals surface area contributed by atoms with Crippen LogP contribution in [0.25, 0.3) is 33.4 Å². The van der Waals surface area contributed by atoms with E-state index in [0.717, 1.165) is 87.0 Å². The van der Waals surface area contributed by atoms with Crippen LogP contribution in [0.15, 0.2) is 147 Å². The number of carbonyl (C=O) groups is 3. The van der Waals surface area contributed by atoms with Crippen molar-refractivity contribution in [3.8, 4) is 22.5 Å². The standard InChI is InChI=1S/C65H79N11O9S3/c1-7-75(8-2)48-24-27-53-58(36-48)85-59-37-49(76(9-3)10-4)25-28-54(59)62(53)55-29-26-52(39-60(55)88(82,83)84)87(80,81)67-32-18-17-23-56(69-61(77)38-51-43-86-65(66)72(51)6)63(78)70-57(35-50-42-74(44-71(50)5)41-46-21-15-12-16-22-46)64(79)68-47-30-33-73(34-31-47)40-45-19-13-11-14-20-45/h11-16,19-22,24-29,36-37,39,42-44,47,56-57,66-67H,7-10,17-18,23,30-35,38,40-41H2,1-6H3,(H2-2,68,69,70,77,78,79,82,83,84)/p+3/t56-,57-/m0/s1. The Bertz CT molecular complexity index is 4020. The van der Waals surface area contributed by atoms with Crippen LogP contribution < -0.4 is 50.4 Å². The number of rotatable bonds is 27. The number of amides is 3. The number of imidazole rings is 1. The predicted octanol–water partition coefficient (Wildman–Crippen LogP) is 5.94. The molecule has 1 fully saturated rings. The Morgan fingerprint density at radius 1 is 0.830 bits per heavy atom. The van der Waals surface area contributed by atoms with Crippen LogP contribution in [0.2, 0.25) is 0 Å². The lowest BCUT2D eigenvalue weighted by Crippen LogP contribution is -2.56. The molecule has 4 aromatic carbocycles. The minimum atomic E-state index is -5.05. The Morgan fingerprint density at radius 2 is 1.52 bits per heavy atom. The maximum atomic E-state index is 14.7. The van der Waals surface area contributed by atoms with Gasteiger partial charge in [0, 0.05) is 97.0 Å². The second-order valence-electron chi connectivity index (χ2n) is 22.4. The van der Waals surface area contributed by atoms with Gasteiger partial charge in [0.15, 0.2) is 0 Å². The summed E-state index contributed by atoms with van der Waals surface area (Å²) in [7, 11) is -5.83. The predicted molar refractivity (Wildman–Crippen MR) is 342 cm³/mol. The van der Waals surface area contributed by atoms with E-state index in [9.17, 15) is 35.8 Å². The van der Waals surface area contributed by atoms with E-state index in [0.29, 0.717) is 45.2 Å². The van der Waals surface area contributed by atoms with E-state index in [2.05, 4.69) is 47.2 Å². The third kappa shape index (κ3) is 15.9. The smallest absolute Gasteiger partial charge is 0.331 e. The second-order valence-corrected chi connectivity index (χ2v) is 26.5. The van der Waals surface area contributed by atoms with Gasteiger partial charge in [-0.3, -0.25) is 29.6 Å². The van der Waals surface area contributed by atoms with Crippen LogP contribution in [0, 0.1) is 0 Å². The number of benzene rings is 5. The number of sulfonamides is 1. The van der Waals surface area contributed by atoms with Gasteiger partial charge in [0.25, 0.3) is 10.1 Å². The Kier molecular flexibility index (Phi) is 21.3. The number of nitrogens with zero attached hydrogens (tertiary/aromatic N) is 6. The number of piperidine rings is 1. The average Bonchev–Trinajstić information content (AvgIpc) is 3.58. The lowest BCUT2D eigenvalue weighted by atomic mass is 9.93. The molecule has 0 unspecified atom stereocenters. The van der Waals surface area contributed by atoms with Crippen LogP contribution in [-0.2, 0) is 74.6 Å². The van der Waals surface area contributed by atoms with Gasteiger partial charge in [-0.1, -0.05) is 78.1 Å². The van der Waals surface area contributed by atoms with Crippen LogP contribution in [0.5, 0.6) is 0 Å². The van der Waals surface area contributed by atoms with Crippen molar-refractivity contribution in [1.82, 2.24) is 34.7 Å². The highest BCUT2D eigenvalue weighted by molar-refractivity contribution is 7.89. The van der Waals surface area contributed by atoms with Crippen molar-refractivity contribution in [1.29, 1.82) is 0 Å². The number of hydrogen-bond acceptors (Lipinski definition) is 12. The molecule has 6 aromatic rings. The molecule has 7 N–H and O–H groups in total. The first-order valence-corrected chi connectivity index (χ1v) is 34.0. The number of fused-ring (bicyclic) bond motifs is 2. The molecule has 20 nitrogen and oxygen atoms in total. The summed E-state index contributed by atoms with van der Waals surface area (Å²) in [5.74, 6) is -0.937. The molecule has 1 saturated heterocycles. The van der Waals surface area contributed by atoms with Gasteiger partial charge in [0.2, 0.25) is 39.4 Å². The first-order chi connectivity index (χ1) is 42.2. The van der Waals surface area contributed by atoms with Gasteiger partial charge in [0.1, 0.15) is 65.5 Å². The maximum Gasteiger partial charge on any atom is 0.331 e. The van der Waals surface area contributed by atoms with Crippen molar-refractivity contribution in [3.05, 3.63) is 161 Å². The molecule has 0 bridgehead atoms. The molecule has 0 spiro atoms. The van der Waals surface area contributed by atoms with E-state index in [1.807, 2.05) is 141 Å². The number of nitrogens with one attached hydrogen (secondary N) is 4. The van der Waals surface area contributed by atoms with E-state index in [4.69, 9.17) is 10.2 Å². The van der Waals surface area contributed by atoms with Crippen molar-refractivity contribution in [2.45, 2.75) is 114 Å². The summed E-state index contributed by atoms with van der Waals surface area (Å²) in [6.45, 7) is 13.9. The summed E-state index contributed by atoms with van der Waals surface area (Å²) in [6.07, 6.45) is 5.87. The Labute approximate surface area is 519 Å². The van der Waals surface area contributed by atoms with Gasteiger partial charge < -0.3 is 25.3 Å². The molecule has 0 radical (unpaired) electrons. The lowest BCUT2D eigenvalue weighted by Gasteiger charge is -2.33. The zero-order chi connectivity index (χ0) is 62.7. The number of unbranched alkanes of at least 4 members (excludes halogenated alkanes) is 1. The van der Waals surface area contributed by atoms with Crippen molar-refractivity contribution in [3.63, 3.8) is 0 Å². The number of aromatic nitrogens is 3. The SMILES string of the molecule is CCN(CC)c1ccc2c(-c3ccc(S(=O)(=O)NCCCC[C@H](NC(=O)Cc4csc(N)[n+]4C)C(=O)N[C@@H](Cc4c[n+](Cc5ccccc5)cn4C)C(=O)NC4CCN(Cc5ccccc5)CC4)cc3S(=O)(=O)O)c3ccc(=[N+](CC)CC)cc-3oc2c1. The molecule has 88 heavy (non-hydrogen) atoms. The summed E-state index contributed by atoms with van der Waals surface area (Å²) in [4.78, 5) is 46.7. The molecular formula is C65H82N11O9S3+3. The number of likely N-dealkylation sites (tertiary alicyclic amines) is 1. The minimum Gasteiger partial charge on any atom is -0.456 e. The third-order valence-electron chi connectivity index (χ3n) is 16.6. The zero-order valence-electron chi connectivity index (χ0n) is 50.9. The molecule has 2 aliphatic heterocycles. The van der Waals surface area contributed by atoms with Crippen molar-refractivity contribution in [2.24, 2.45) is 14.1 Å². The second kappa shape index (κ2) is 29.0. The number of carbonyl (C=O) groups excluding carboxylic acids is 3. The Balaban J connectivity index is 0.938. The molecular weight excluding hydrogens is 1170 g/mol. The summed E-state index contributed by atoms with van der Waals surface area (Å²) in [5.41, 5.74) is 12.3. The highest BCUT2D eigenvalue weighted by atomic mass is 32.2. The largest absolute Gasteiger partial charge is 0.456 e. The van der Waals surface area contributed by atoms with Crippen LogP contribution in [0.4, 0.5) is 10.8 Å². The number of anilines is 2. The highest BCUT2D eigenvalue weighted by Gasteiger charge is 2.33. The summed E-state index contributed by atoms with van der Waals surface area (Å²) < 4.78 is 83.1. The van der Waals surface area contributed by atoms with Gasteiger partial charge >= 0.3 is 5.13 Å². The number of hydrogen-bond donors (Lipinski definition) is 6. The topological polar surface area (TPSA) is 249 Å². The third-order valence-corrected chi connectivity index (χ3v) is 19.8. The Morgan fingerprint density at radius 3 is 2.18 bits per heavy atom. The van der Waals surface area contributed by atoms with E-state index >= 15 is 0 Å². The highest BCUT2D eigenvalue weighted by Crippen LogP contribution is 2.43. The number of aryl methyl sites for hydroxylation is 1. The number of nitrogens with two attached hydrogens (primary N) is 1. The summed E-state index contributed by atoms with van der Waals surface area (Å²) in [5, 5.41) is 12.9. The van der Waals surface area contributed by atoms with Gasteiger partial charge in [-0.15, -0.1) is 0 Å².